The lowest BCUT2D eigenvalue weighted by Crippen LogP contribution is -2.35. The van der Waals surface area contributed by atoms with Crippen LogP contribution in [0.2, 0.25) is 0 Å². The Morgan fingerprint density at radius 2 is 2.00 bits per heavy atom. The highest BCUT2D eigenvalue weighted by atomic mass is 16.4. The number of aromatic nitrogens is 1. The maximum absolute atomic E-state index is 11.9. The van der Waals surface area contributed by atoms with Crippen LogP contribution in [0.15, 0.2) is 10.9 Å². The smallest absolute Gasteiger partial charge is 0.337 e. The van der Waals surface area contributed by atoms with Gasteiger partial charge in [-0.05, 0) is 40.4 Å². The summed E-state index contributed by atoms with van der Waals surface area (Å²) in [5, 5.41) is 9.18. The van der Waals surface area contributed by atoms with Gasteiger partial charge in [0.15, 0.2) is 0 Å². The highest BCUT2D eigenvalue weighted by Crippen LogP contribution is 2.12. The van der Waals surface area contributed by atoms with Crippen molar-refractivity contribution in [1.29, 1.82) is 0 Å². The van der Waals surface area contributed by atoms with Gasteiger partial charge < -0.3 is 14.6 Å². The molecule has 0 aliphatic rings. The molecule has 0 aliphatic carbocycles. The number of carboxylic acids is 1. The molecule has 0 aromatic carbocycles. The van der Waals surface area contributed by atoms with Crippen molar-refractivity contribution in [1.82, 2.24) is 9.47 Å². The summed E-state index contributed by atoms with van der Waals surface area (Å²) in [6.45, 7) is 5.81. The van der Waals surface area contributed by atoms with E-state index >= 15 is 0 Å². The molecule has 5 nitrogen and oxygen atoms in total. The summed E-state index contributed by atoms with van der Waals surface area (Å²) in [5.74, 6) is -0.990. The molecule has 0 amide bonds. The molecule has 0 aliphatic heterocycles. The molecule has 100 valence electrons. The number of aryl methyl sites for hydroxylation is 1. The first-order valence-corrected chi connectivity index (χ1v) is 5.86. The van der Waals surface area contributed by atoms with E-state index < -0.39 is 5.97 Å². The van der Waals surface area contributed by atoms with Crippen LogP contribution in [0.25, 0.3) is 0 Å². The normalized spacial score (nSPS) is 12.8. The molecule has 0 fully saturated rings. The van der Waals surface area contributed by atoms with Crippen LogP contribution in [-0.2, 0) is 6.54 Å². The summed E-state index contributed by atoms with van der Waals surface area (Å²) in [5.41, 5.74) is 1.10. The quantitative estimate of drug-likeness (QED) is 0.872. The lowest BCUT2D eigenvalue weighted by atomic mass is 10.1. The van der Waals surface area contributed by atoms with Gasteiger partial charge in [-0.2, -0.15) is 0 Å². The Kier molecular flexibility index (Phi) is 4.29. The van der Waals surface area contributed by atoms with E-state index in [0.717, 1.165) is 0 Å². The number of hydrogen-bond acceptors (Lipinski definition) is 3. The van der Waals surface area contributed by atoms with Gasteiger partial charge in [-0.3, -0.25) is 4.79 Å². The minimum atomic E-state index is -0.990. The summed E-state index contributed by atoms with van der Waals surface area (Å²) in [7, 11) is 3.86. The topological polar surface area (TPSA) is 62.5 Å². The van der Waals surface area contributed by atoms with E-state index in [1.165, 1.54) is 10.6 Å². The monoisotopic (exact) mass is 252 g/mol. The van der Waals surface area contributed by atoms with Crippen LogP contribution >= 0.6 is 0 Å². The third kappa shape index (κ3) is 2.79. The number of hydrogen-bond donors (Lipinski definition) is 1. The van der Waals surface area contributed by atoms with Crippen molar-refractivity contribution in [2.75, 3.05) is 14.1 Å². The van der Waals surface area contributed by atoms with Gasteiger partial charge in [0.05, 0.1) is 5.56 Å². The SMILES string of the molecule is Cc1cc(=O)n(CC(C)N(C)C)c(C)c1C(=O)O. The number of aromatic carboxylic acids is 1. The Morgan fingerprint density at radius 3 is 2.44 bits per heavy atom. The minimum absolute atomic E-state index is 0.149. The van der Waals surface area contributed by atoms with Crippen molar-refractivity contribution >= 4 is 5.97 Å². The van der Waals surface area contributed by atoms with Gasteiger partial charge in [0.25, 0.3) is 5.56 Å². The van der Waals surface area contributed by atoms with E-state index in [9.17, 15) is 14.7 Å². The van der Waals surface area contributed by atoms with E-state index in [1.807, 2.05) is 25.9 Å². The van der Waals surface area contributed by atoms with Crippen molar-refractivity contribution in [2.45, 2.75) is 33.4 Å². The molecule has 0 radical (unpaired) electrons. The summed E-state index contributed by atoms with van der Waals surface area (Å²) in [6.07, 6.45) is 0. The molecule has 1 atom stereocenters. The Morgan fingerprint density at radius 1 is 1.44 bits per heavy atom. The van der Waals surface area contributed by atoms with Crippen molar-refractivity contribution in [3.8, 4) is 0 Å². The van der Waals surface area contributed by atoms with Crippen LogP contribution in [-0.4, -0.2) is 40.7 Å². The van der Waals surface area contributed by atoms with E-state index in [-0.39, 0.29) is 17.2 Å². The fourth-order valence-corrected chi connectivity index (χ4v) is 1.90. The van der Waals surface area contributed by atoms with Crippen LogP contribution in [0, 0.1) is 13.8 Å². The lowest BCUT2D eigenvalue weighted by Gasteiger charge is -2.23. The van der Waals surface area contributed by atoms with Crippen molar-refractivity contribution in [2.24, 2.45) is 0 Å². The molecule has 1 N–H and O–H groups in total. The highest BCUT2D eigenvalue weighted by Gasteiger charge is 2.17. The second-order valence-electron chi connectivity index (χ2n) is 4.85. The number of carbonyl (C=O) groups is 1. The molecule has 1 aromatic heterocycles. The molecule has 0 bridgehead atoms. The van der Waals surface area contributed by atoms with Crippen molar-refractivity contribution in [3.63, 3.8) is 0 Å². The summed E-state index contributed by atoms with van der Waals surface area (Å²) < 4.78 is 1.53. The first kappa shape index (κ1) is 14.4. The predicted octanol–water partition coefficient (Wildman–Crippen LogP) is 1.11. The average Bonchev–Trinajstić information content (AvgIpc) is 2.22. The summed E-state index contributed by atoms with van der Waals surface area (Å²) >= 11 is 0. The van der Waals surface area contributed by atoms with E-state index in [4.69, 9.17) is 0 Å². The van der Waals surface area contributed by atoms with Gasteiger partial charge >= 0.3 is 5.97 Å². The van der Waals surface area contributed by atoms with Gasteiger partial charge in [-0.25, -0.2) is 4.79 Å². The molecule has 1 heterocycles. The highest BCUT2D eigenvalue weighted by molar-refractivity contribution is 5.90. The van der Waals surface area contributed by atoms with Crippen LogP contribution in [0.4, 0.5) is 0 Å². The van der Waals surface area contributed by atoms with E-state index in [2.05, 4.69) is 0 Å². The van der Waals surface area contributed by atoms with Crippen LogP contribution in [0.5, 0.6) is 0 Å². The Hall–Kier alpha value is -1.62. The zero-order valence-electron chi connectivity index (χ0n) is 11.5. The zero-order valence-corrected chi connectivity index (χ0v) is 11.5. The minimum Gasteiger partial charge on any atom is -0.478 e. The van der Waals surface area contributed by atoms with Gasteiger partial charge in [0.1, 0.15) is 0 Å². The first-order chi connectivity index (χ1) is 8.25. The summed E-state index contributed by atoms with van der Waals surface area (Å²) in [4.78, 5) is 25.1. The largest absolute Gasteiger partial charge is 0.478 e. The molecule has 0 saturated carbocycles. The number of rotatable bonds is 4. The lowest BCUT2D eigenvalue weighted by molar-refractivity contribution is 0.0693. The standard InChI is InChI=1S/C13H20N2O3/c1-8-6-11(16)15(7-9(2)14(4)5)10(3)12(8)13(17)18/h6,9H,7H2,1-5H3,(H,17,18). The molecular formula is C13H20N2O3. The molecule has 18 heavy (non-hydrogen) atoms. The first-order valence-electron chi connectivity index (χ1n) is 5.86. The number of nitrogens with zero attached hydrogens (tertiary/aromatic N) is 2. The number of carboxylic acid groups (broad SMARTS) is 1. The molecule has 0 saturated heterocycles. The van der Waals surface area contributed by atoms with Gasteiger partial charge in [0.2, 0.25) is 0 Å². The Balaban J connectivity index is 3.32. The van der Waals surface area contributed by atoms with Gasteiger partial charge in [-0.15, -0.1) is 0 Å². The van der Waals surface area contributed by atoms with Crippen LogP contribution < -0.4 is 5.56 Å². The molecule has 1 aromatic rings. The number of likely N-dealkylation sites (N-methyl/N-ethyl adjacent to an activating group) is 1. The summed E-state index contributed by atoms with van der Waals surface area (Å²) in [6, 6.07) is 1.55. The van der Waals surface area contributed by atoms with Gasteiger partial charge in [-0.1, -0.05) is 0 Å². The van der Waals surface area contributed by atoms with Crippen molar-refractivity contribution in [3.05, 3.63) is 33.2 Å². The Labute approximate surface area is 107 Å². The van der Waals surface area contributed by atoms with Crippen LogP contribution in [0.3, 0.4) is 0 Å². The van der Waals surface area contributed by atoms with Gasteiger partial charge in [0, 0.05) is 24.3 Å². The fraction of sp³-hybridized carbons (Fsp3) is 0.538. The second kappa shape index (κ2) is 5.35. The maximum atomic E-state index is 11.9. The average molecular weight is 252 g/mol. The molecular weight excluding hydrogens is 232 g/mol. The third-order valence-corrected chi connectivity index (χ3v) is 3.31. The predicted molar refractivity (Wildman–Crippen MR) is 70.3 cm³/mol. The second-order valence-corrected chi connectivity index (χ2v) is 4.85. The fourth-order valence-electron chi connectivity index (χ4n) is 1.90. The Bertz CT molecular complexity index is 518. The molecule has 0 spiro atoms. The molecule has 1 rings (SSSR count). The van der Waals surface area contributed by atoms with E-state index in [1.54, 1.807) is 13.8 Å². The van der Waals surface area contributed by atoms with Crippen molar-refractivity contribution < 1.29 is 9.90 Å². The molecule has 5 heteroatoms. The van der Waals surface area contributed by atoms with Crippen LogP contribution in [0.1, 0.15) is 28.5 Å². The van der Waals surface area contributed by atoms with E-state index in [0.29, 0.717) is 17.8 Å². The zero-order chi connectivity index (χ0) is 14.0. The third-order valence-electron chi connectivity index (χ3n) is 3.31. The number of pyridine rings is 1. The molecule has 1 unspecified atom stereocenters. The maximum Gasteiger partial charge on any atom is 0.337 e.